The molecule has 0 aliphatic rings. The summed E-state index contributed by atoms with van der Waals surface area (Å²) in [5.41, 5.74) is 1.31. The molecule has 0 unspecified atom stereocenters. The van der Waals surface area contributed by atoms with Crippen LogP contribution in [0.25, 0.3) is 11.0 Å². The fourth-order valence-electron chi connectivity index (χ4n) is 2.77. The predicted molar refractivity (Wildman–Crippen MR) is 114 cm³/mol. The van der Waals surface area contributed by atoms with Gasteiger partial charge in [0.15, 0.2) is 11.6 Å². The highest BCUT2D eigenvalue weighted by molar-refractivity contribution is 7.92. The van der Waals surface area contributed by atoms with Gasteiger partial charge in [-0.25, -0.2) is 18.4 Å². The first-order valence-electron chi connectivity index (χ1n) is 9.28. The van der Waals surface area contributed by atoms with Gasteiger partial charge < -0.3 is 5.32 Å². The smallest absolute Gasteiger partial charge is 0.263 e. The van der Waals surface area contributed by atoms with Gasteiger partial charge in [0.2, 0.25) is 0 Å². The van der Waals surface area contributed by atoms with Gasteiger partial charge in [0.05, 0.1) is 15.9 Å². The van der Waals surface area contributed by atoms with E-state index in [0.717, 1.165) is 19.3 Å². The van der Waals surface area contributed by atoms with Gasteiger partial charge in [0.25, 0.3) is 10.0 Å². The zero-order valence-electron chi connectivity index (χ0n) is 15.7. The Morgan fingerprint density at radius 2 is 1.64 bits per heavy atom. The molecule has 8 heteroatoms. The molecule has 0 spiro atoms. The number of hydrogen-bond donors (Lipinski definition) is 2. The summed E-state index contributed by atoms with van der Waals surface area (Å²) in [6.07, 6.45) is 4.40. The lowest BCUT2D eigenvalue weighted by atomic mass is 10.2. The normalized spacial score (nSPS) is 11.5. The zero-order valence-corrected chi connectivity index (χ0v) is 17.2. The molecule has 2 aromatic carbocycles. The van der Waals surface area contributed by atoms with Crippen molar-refractivity contribution in [3.05, 3.63) is 53.6 Å². The number of anilines is 2. The highest BCUT2D eigenvalue weighted by Gasteiger charge is 2.19. The highest BCUT2D eigenvalue weighted by atomic mass is 35.5. The van der Waals surface area contributed by atoms with Gasteiger partial charge in [-0.3, -0.25) is 4.72 Å². The monoisotopic (exact) mass is 418 g/mol. The molecule has 3 rings (SSSR count). The Balaban J connectivity index is 1.90. The summed E-state index contributed by atoms with van der Waals surface area (Å²) in [7, 11) is -3.84. The van der Waals surface area contributed by atoms with Crippen molar-refractivity contribution in [1.82, 2.24) is 9.97 Å². The van der Waals surface area contributed by atoms with Crippen LogP contribution in [0, 0.1) is 0 Å². The first-order chi connectivity index (χ1) is 13.5. The van der Waals surface area contributed by atoms with E-state index in [0.29, 0.717) is 28.4 Å². The predicted octanol–water partition coefficient (Wildman–Crippen LogP) is 5.08. The second-order valence-corrected chi connectivity index (χ2v) is 8.58. The van der Waals surface area contributed by atoms with Crippen molar-refractivity contribution >= 4 is 44.3 Å². The summed E-state index contributed by atoms with van der Waals surface area (Å²) in [6, 6.07) is 13.5. The lowest BCUT2D eigenvalue weighted by Crippen LogP contribution is -2.17. The van der Waals surface area contributed by atoms with Crippen LogP contribution in [0.15, 0.2) is 53.4 Å². The van der Waals surface area contributed by atoms with Crippen molar-refractivity contribution in [1.29, 1.82) is 0 Å². The van der Waals surface area contributed by atoms with E-state index in [-0.39, 0.29) is 10.7 Å². The SMILES string of the molecule is CCCCCCNc1nc2ccccc2nc1NS(=O)(=O)c1cccc(Cl)c1. The molecule has 0 radical (unpaired) electrons. The Bertz CT molecular complexity index is 1060. The first kappa shape index (κ1) is 20.4. The molecule has 0 aliphatic heterocycles. The van der Waals surface area contributed by atoms with E-state index in [1.54, 1.807) is 18.2 Å². The molecule has 3 aromatic rings. The maximum absolute atomic E-state index is 12.8. The molecule has 0 saturated carbocycles. The topological polar surface area (TPSA) is 84.0 Å². The van der Waals surface area contributed by atoms with Crippen LogP contribution in [0.5, 0.6) is 0 Å². The third kappa shape index (κ3) is 5.11. The van der Waals surface area contributed by atoms with Crippen molar-refractivity contribution in [3.8, 4) is 0 Å². The number of para-hydroxylation sites is 2. The third-order valence-corrected chi connectivity index (χ3v) is 5.80. The molecule has 0 amide bonds. The van der Waals surface area contributed by atoms with Gasteiger partial charge >= 0.3 is 0 Å². The number of benzene rings is 2. The van der Waals surface area contributed by atoms with Crippen molar-refractivity contribution in [2.45, 2.75) is 37.5 Å². The molecule has 1 aromatic heterocycles. The molecule has 0 fully saturated rings. The van der Waals surface area contributed by atoms with E-state index in [1.165, 1.54) is 18.6 Å². The van der Waals surface area contributed by atoms with Crippen LogP contribution in [-0.4, -0.2) is 24.9 Å². The second kappa shape index (κ2) is 9.21. The van der Waals surface area contributed by atoms with E-state index >= 15 is 0 Å². The molecular weight excluding hydrogens is 396 g/mol. The van der Waals surface area contributed by atoms with Crippen LogP contribution in [0.3, 0.4) is 0 Å². The number of hydrogen-bond acceptors (Lipinski definition) is 5. The Morgan fingerprint density at radius 3 is 2.32 bits per heavy atom. The number of halogens is 1. The van der Waals surface area contributed by atoms with Crippen LogP contribution >= 0.6 is 11.6 Å². The molecule has 0 atom stereocenters. The van der Waals surface area contributed by atoms with Crippen molar-refractivity contribution in [2.24, 2.45) is 0 Å². The van der Waals surface area contributed by atoms with Crippen molar-refractivity contribution < 1.29 is 8.42 Å². The van der Waals surface area contributed by atoms with E-state index in [9.17, 15) is 8.42 Å². The van der Waals surface area contributed by atoms with Crippen molar-refractivity contribution in [3.63, 3.8) is 0 Å². The summed E-state index contributed by atoms with van der Waals surface area (Å²) < 4.78 is 28.1. The van der Waals surface area contributed by atoms with E-state index in [2.05, 4.69) is 26.9 Å². The van der Waals surface area contributed by atoms with Gasteiger partial charge in [0, 0.05) is 11.6 Å². The van der Waals surface area contributed by atoms with Crippen molar-refractivity contribution in [2.75, 3.05) is 16.6 Å². The lowest BCUT2D eigenvalue weighted by molar-refractivity contribution is 0.601. The molecule has 0 bridgehead atoms. The molecule has 2 N–H and O–H groups in total. The Morgan fingerprint density at radius 1 is 0.929 bits per heavy atom. The third-order valence-electron chi connectivity index (χ3n) is 4.23. The summed E-state index contributed by atoms with van der Waals surface area (Å²) in [5.74, 6) is 0.593. The maximum Gasteiger partial charge on any atom is 0.263 e. The summed E-state index contributed by atoms with van der Waals surface area (Å²) in [4.78, 5) is 9.11. The number of unbranched alkanes of at least 4 members (excludes halogenated alkanes) is 3. The van der Waals surface area contributed by atoms with Crippen LogP contribution in [0.1, 0.15) is 32.6 Å². The fraction of sp³-hybridized carbons (Fsp3) is 0.300. The minimum atomic E-state index is -3.84. The van der Waals surface area contributed by atoms with Gasteiger partial charge in [-0.1, -0.05) is 56.0 Å². The quantitative estimate of drug-likeness (QED) is 0.473. The standard InChI is InChI=1S/C20H23ClN4O2S/c1-2-3-4-7-13-22-19-20(24-18-12-6-5-11-17(18)23-19)25-28(26,27)16-10-8-9-15(21)14-16/h5-6,8-12,14H,2-4,7,13H2,1H3,(H,22,23)(H,24,25). The maximum atomic E-state index is 12.8. The Labute approximate surface area is 170 Å². The Hall–Kier alpha value is -2.38. The minimum absolute atomic E-state index is 0.0730. The number of nitrogens with zero attached hydrogens (tertiary/aromatic N) is 2. The van der Waals surface area contributed by atoms with Crippen LogP contribution < -0.4 is 10.0 Å². The molecule has 28 heavy (non-hydrogen) atoms. The molecule has 0 saturated heterocycles. The number of aromatic nitrogens is 2. The van der Waals surface area contributed by atoms with Crippen LogP contribution in [-0.2, 0) is 10.0 Å². The largest absolute Gasteiger partial charge is 0.367 e. The van der Waals surface area contributed by atoms with Gasteiger partial charge in [-0.2, -0.15) is 0 Å². The van der Waals surface area contributed by atoms with Crippen LogP contribution in [0.2, 0.25) is 5.02 Å². The molecule has 0 aliphatic carbocycles. The van der Waals surface area contributed by atoms with E-state index in [4.69, 9.17) is 11.6 Å². The average molecular weight is 419 g/mol. The lowest BCUT2D eigenvalue weighted by Gasteiger charge is -2.14. The number of sulfonamides is 1. The Kier molecular flexibility index (Phi) is 6.70. The minimum Gasteiger partial charge on any atom is -0.367 e. The average Bonchev–Trinajstić information content (AvgIpc) is 2.68. The van der Waals surface area contributed by atoms with E-state index < -0.39 is 10.0 Å². The zero-order chi connectivity index (χ0) is 20.0. The fourth-order valence-corrected chi connectivity index (χ4v) is 4.08. The highest BCUT2D eigenvalue weighted by Crippen LogP contribution is 2.25. The molecule has 6 nitrogen and oxygen atoms in total. The molecular formula is C20H23ClN4O2S. The van der Waals surface area contributed by atoms with Gasteiger partial charge in [-0.15, -0.1) is 0 Å². The molecule has 148 valence electrons. The van der Waals surface area contributed by atoms with Gasteiger partial charge in [0.1, 0.15) is 0 Å². The van der Waals surface area contributed by atoms with Crippen LogP contribution in [0.4, 0.5) is 11.6 Å². The van der Waals surface area contributed by atoms with Gasteiger partial charge in [-0.05, 0) is 36.8 Å². The second-order valence-electron chi connectivity index (χ2n) is 6.46. The molecule has 1 heterocycles. The number of fused-ring (bicyclic) bond motifs is 1. The number of nitrogens with one attached hydrogen (secondary N) is 2. The number of rotatable bonds is 9. The summed E-state index contributed by atoms with van der Waals surface area (Å²) in [5, 5.41) is 3.57. The first-order valence-corrected chi connectivity index (χ1v) is 11.1. The van der Waals surface area contributed by atoms with E-state index in [1.807, 2.05) is 18.2 Å². The summed E-state index contributed by atoms with van der Waals surface area (Å²) in [6.45, 7) is 2.85. The summed E-state index contributed by atoms with van der Waals surface area (Å²) >= 11 is 5.94.